The lowest BCUT2D eigenvalue weighted by atomic mass is 10.0. The van der Waals surface area contributed by atoms with Crippen molar-refractivity contribution < 1.29 is 24.3 Å². The van der Waals surface area contributed by atoms with Gasteiger partial charge in [0.1, 0.15) is 18.1 Å². The second-order valence-electron chi connectivity index (χ2n) is 9.21. The average molecular weight is 454 g/mol. The Labute approximate surface area is 190 Å². The van der Waals surface area contributed by atoms with Crippen molar-refractivity contribution in [2.75, 3.05) is 19.6 Å². The van der Waals surface area contributed by atoms with E-state index in [2.05, 4.69) is 16.0 Å². The second kappa shape index (κ2) is 12.7. The first-order valence-electron chi connectivity index (χ1n) is 11.8. The molecule has 0 spiro atoms. The number of rotatable bonds is 12. The standard InChI is InChI=1S/C22H39N5O5/c1-14(2)13-17(22(31)32)26-19(28)15(7-3-4-10-23)25-20(29)18-9-6-12-27(18)21(30)16-8-5-11-24-16/h14-18,24H,3-13,23H2,1-2H3,(H,25,29)(H,26,28)(H,31,32). The summed E-state index contributed by atoms with van der Waals surface area (Å²) in [4.78, 5) is 52.0. The molecule has 2 fully saturated rings. The summed E-state index contributed by atoms with van der Waals surface area (Å²) in [6, 6.07) is -2.75. The van der Waals surface area contributed by atoms with Crippen molar-refractivity contribution in [3.8, 4) is 0 Å². The van der Waals surface area contributed by atoms with Crippen molar-refractivity contribution in [1.82, 2.24) is 20.9 Å². The molecule has 10 nitrogen and oxygen atoms in total. The highest BCUT2D eigenvalue weighted by Crippen LogP contribution is 2.21. The van der Waals surface area contributed by atoms with Gasteiger partial charge in [-0.1, -0.05) is 13.8 Å². The van der Waals surface area contributed by atoms with Crippen LogP contribution in [-0.4, -0.2) is 77.5 Å². The maximum absolute atomic E-state index is 13.1. The number of carboxylic acid groups (broad SMARTS) is 1. The van der Waals surface area contributed by atoms with Gasteiger partial charge in [-0.3, -0.25) is 14.4 Å². The molecule has 2 saturated heterocycles. The third kappa shape index (κ3) is 7.44. The fourth-order valence-electron chi connectivity index (χ4n) is 4.39. The van der Waals surface area contributed by atoms with E-state index in [1.54, 1.807) is 4.90 Å². The van der Waals surface area contributed by atoms with E-state index in [1.165, 1.54) is 0 Å². The van der Waals surface area contributed by atoms with Crippen LogP contribution in [0.15, 0.2) is 0 Å². The van der Waals surface area contributed by atoms with Crippen LogP contribution in [-0.2, 0) is 19.2 Å². The van der Waals surface area contributed by atoms with E-state index in [0.717, 1.165) is 25.8 Å². The van der Waals surface area contributed by atoms with Crippen LogP contribution in [0.4, 0.5) is 0 Å². The zero-order valence-corrected chi connectivity index (χ0v) is 19.3. The van der Waals surface area contributed by atoms with Crippen LogP contribution in [0.25, 0.3) is 0 Å². The number of nitrogens with zero attached hydrogens (tertiary/aromatic N) is 1. The predicted octanol–water partition coefficient (Wildman–Crippen LogP) is -0.0413. The fourth-order valence-corrected chi connectivity index (χ4v) is 4.39. The summed E-state index contributed by atoms with van der Waals surface area (Å²) >= 11 is 0. The Morgan fingerprint density at radius 1 is 1.09 bits per heavy atom. The topological polar surface area (TPSA) is 154 Å². The van der Waals surface area contributed by atoms with Gasteiger partial charge in [0, 0.05) is 6.54 Å². The molecule has 0 aromatic carbocycles. The summed E-state index contributed by atoms with van der Waals surface area (Å²) in [6.45, 7) is 5.55. The molecule has 10 heteroatoms. The monoisotopic (exact) mass is 453 g/mol. The number of carbonyl (C=O) groups excluding carboxylic acids is 3. The van der Waals surface area contributed by atoms with Crippen molar-refractivity contribution in [2.24, 2.45) is 11.7 Å². The molecule has 182 valence electrons. The molecule has 2 aliphatic heterocycles. The Balaban J connectivity index is 2.05. The normalized spacial score (nSPS) is 22.6. The number of nitrogens with two attached hydrogens (primary N) is 1. The molecular formula is C22H39N5O5. The van der Waals surface area contributed by atoms with E-state index < -0.39 is 30.0 Å². The van der Waals surface area contributed by atoms with Gasteiger partial charge in [0.15, 0.2) is 0 Å². The van der Waals surface area contributed by atoms with E-state index in [0.29, 0.717) is 45.2 Å². The summed E-state index contributed by atoms with van der Waals surface area (Å²) in [5.41, 5.74) is 5.56. The van der Waals surface area contributed by atoms with Crippen molar-refractivity contribution >= 4 is 23.7 Å². The molecule has 2 rings (SSSR count). The molecule has 0 aromatic rings. The fraction of sp³-hybridized carbons (Fsp3) is 0.818. The van der Waals surface area contributed by atoms with Gasteiger partial charge in [-0.25, -0.2) is 4.79 Å². The summed E-state index contributed by atoms with van der Waals surface area (Å²) in [6.07, 6.45) is 4.94. The van der Waals surface area contributed by atoms with E-state index >= 15 is 0 Å². The number of hydrogen-bond acceptors (Lipinski definition) is 6. The lowest BCUT2D eigenvalue weighted by Gasteiger charge is -2.29. The number of carbonyl (C=O) groups is 4. The number of likely N-dealkylation sites (tertiary alicyclic amines) is 1. The van der Waals surface area contributed by atoms with E-state index in [9.17, 15) is 24.3 Å². The number of carboxylic acids is 1. The van der Waals surface area contributed by atoms with Crippen LogP contribution in [0.1, 0.15) is 65.2 Å². The lowest BCUT2D eigenvalue weighted by molar-refractivity contribution is -0.143. The smallest absolute Gasteiger partial charge is 0.326 e. The van der Waals surface area contributed by atoms with Crippen molar-refractivity contribution in [2.45, 2.75) is 89.4 Å². The molecule has 6 N–H and O–H groups in total. The molecule has 3 amide bonds. The first-order valence-corrected chi connectivity index (χ1v) is 11.8. The van der Waals surface area contributed by atoms with Gasteiger partial charge in [0.25, 0.3) is 0 Å². The molecule has 4 unspecified atom stereocenters. The minimum atomic E-state index is -1.10. The zero-order chi connectivity index (χ0) is 23.7. The summed E-state index contributed by atoms with van der Waals surface area (Å²) in [5.74, 6) is -1.96. The highest BCUT2D eigenvalue weighted by atomic mass is 16.4. The molecule has 0 aliphatic carbocycles. The van der Waals surface area contributed by atoms with Gasteiger partial charge in [0.05, 0.1) is 6.04 Å². The summed E-state index contributed by atoms with van der Waals surface area (Å²) < 4.78 is 0. The van der Waals surface area contributed by atoms with Gasteiger partial charge in [-0.2, -0.15) is 0 Å². The second-order valence-corrected chi connectivity index (χ2v) is 9.21. The van der Waals surface area contributed by atoms with Gasteiger partial charge in [0.2, 0.25) is 17.7 Å². The van der Waals surface area contributed by atoms with Gasteiger partial charge >= 0.3 is 5.97 Å². The van der Waals surface area contributed by atoms with Crippen LogP contribution < -0.4 is 21.7 Å². The average Bonchev–Trinajstić information content (AvgIpc) is 3.43. The maximum Gasteiger partial charge on any atom is 0.326 e. The van der Waals surface area contributed by atoms with E-state index in [4.69, 9.17) is 5.73 Å². The molecule has 0 saturated carbocycles. The molecule has 2 aliphatic rings. The maximum atomic E-state index is 13.1. The summed E-state index contributed by atoms with van der Waals surface area (Å²) in [7, 11) is 0. The molecule has 4 atom stereocenters. The Morgan fingerprint density at radius 3 is 2.44 bits per heavy atom. The highest BCUT2D eigenvalue weighted by molar-refractivity contribution is 5.94. The number of nitrogens with one attached hydrogen (secondary N) is 3. The third-order valence-corrected chi connectivity index (χ3v) is 6.10. The first-order chi connectivity index (χ1) is 15.2. The quantitative estimate of drug-likeness (QED) is 0.260. The van der Waals surface area contributed by atoms with E-state index in [-0.39, 0.29) is 23.8 Å². The van der Waals surface area contributed by atoms with E-state index in [1.807, 2.05) is 13.8 Å². The molecule has 32 heavy (non-hydrogen) atoms. The molecule has 0 bridgehead atoms. The largest absolute Gasteiger partial charge is 0.480 e. The van der Waals surface area contributed by atoms with Crippen molar-refractivity contribution in [1.29, 1.82) is 0 Å². The first kappa shape index (κ1) is 26.1. The van der Waals surface area contributed by atoms with Crippen molar-refractivity contribution in [3.63, 3.8) is 0 Å². The third-order valence-electron chi connectivity index (χ3n) is 6.10. The van der Waals surface area contributed by atoms with Gasteiger partial charge in [-0.15, -0.1) is 0 Å². The van der Waals surface area contributed by atoms with Crippen LogP contribution in [0.2, 0.25) is 0 Å². The number of aliphatic carboxylic acids is 1. The predicted molar refractivity (Wildman–Crippen MR) is 120 cm³/mol. The molecule has 0 aromatic heterocycles. The van der Waals surface area contributed by atoms with Gasteiger partial charge < -0.3 is 31.7 Å². The number of amides is 3. The Kier molecular flexibility index (Phi) is 10.4. The zero-order valence-electron chi connectivity index (χ0n) is 19.3. The minimum Gasteiger partial charge on any atom is -0.480 e. The minimum absolute atomic E-state index is 0.0628. The van der Waals surface area contributed by atoms with Crippen LogP contribution in [0.5, 0.6) is 0 Å². The Hall–Kier alpha value is -2.20. The Morgan fingerprint density at radius 2 is 1.84 bits per heavy atom. The van der Waals surface area contributed by atoms with Crippen molar-refractivity contribution in [3.05, 3.63) is 0 Å². The van der Waals surface area contributed by atoms with Crippen LogP contribution in [0, 0.1) is 5.92 Å². The molecule has 0 radical (unpaired) electrons. The molecular weight excluding hydrogens is 414 g/mol. The Bertz CT molecular complexity index is 665. The van der Waals surface area contributed by atoms with Crippen LogP contribution in [0.3, 0.4) is 0 Å². The van der Waals surface area contributed by atoms with Gasteiger partial charge in [-0.05, 0) is 70.4 Å². The number of hydrogen-bond donors (Lipinski definition) is 5. The lowest BCUT2D eigenvalue weighted by Crippen LogP contribution is -2.56. The summed E-state index contributed by atoms with van der Waals surface area (Å²) in [5, 5.41) is 18.0. The highest BCUT2D eigenvalue weighted by Gasteiger charge is 2.39. The van der Waals surface area contributed by atoms with Crippen LogP contribution >= 0.6 is 0 Å². The number of unbranched alkanes of at least 4 members (excludes halogenated alkanes) is 1. The molecule has 2 heterocycles. The SMILES string of the molecule is CC(C)CC(NC(=O)C(CCCCN)NC(=O)C1CCCN1C(=O)C1CCCN1)C(=O)O.